The highest BCUT2D eigenvalue weighted by molar-refractivity contribution is 6.12. The number of hydrogen-bond acceptors (Lipinski definition) is 7. The van der Waals surface area contributed by atoms with Crippen LogP contribution in [0.4, 0.5) is 5.69 Å². The second-order valence-electron chi connectivity index (χ2n) is 9.83. The molecule has 0 saturated heterocycles. The van der Waals surface area contributed by atoms with E-state index in [1.54, 1.807) is 0 Å². The molecule has 4 rings (SSSR count). The highest BCUT2D eigenvalue weighted by Crippen LogP contribution is 2.46. The number of esters is 2. The van der Waals surface area contributed by atoms with Gasteiger partial charge in [-0.1, -0.05) is 19.1 Å². The van der Waals surface area contributed by atoms with Gasteiger partial charge in [-0.05, 0) is 62.6 Å². The molecule has 0 unspecified atom stereocenters. The number of carbonyl (C=O) groups is 3. The number of nitrogens with zero attached hydrogens (tertiary/aromatic N) is 1. The normalized spacial score (nSPS) is 25.1. The Morgan fingerprint density at radius 2 is 1.74 bits per heavy atom. The van der Waals surface area contributed by atoms with Crippen molar-refractivity contribution in [3.8, 4) is 0 Å². The Morgan fingerprint density at radius 3 is 2.32 bits per heavy atom. The molecule has 7 nitrogen and oxygen atoms in total. The minimum atomic E-state index is -0.889. The molecular weight excluding hydrogens is 432 g/mol. The first kappa shape index (κ1) is 24.0. The van der Waals surface area contributed by atoms with Crippen LogP contribution in [0.1, 0.15) is 57.4 Å². The standard InChI is InChI=1S/C27H34N2O5/c1-15-14-20-24(25(30)21(15)26(31)33-5)23(17-10-12-18(13-11-17)29(3)4)22(16(2)28-20)27(32)34-19-8-6-7-9-19/h10-13,15,19,21,23,28H,6-9,14H2,1-5H3/t15-,21-,23+/m1/s1. The van der Waals surface area contributed by atoms with Crippen molar-refractivity contribution in [3.05, 3.63) is 52.4 Å². The predicted octanol–water partition coefficient (Wildman–Crippen LogP) is 3.85. The molecule has 0 bridgehead atoms. The van der Waals surface area contributed by atoms with E-state index in [2.05, 4.69) is 5.32 Å². The van der Waals surface area contributed by atoms with Crippen LogP contribution in [-0.4, -0.2) is 45.0 Å². The summed E-state index contributed by atoms with van der Waals surface area (Å²) in [6.07, 6.45) is 4.26. The molecule has 1 heterocycles. The minimum absolute atomic E-state index is 0.0927. The summed E-state index contributed by atoms with van der Waals surface area (Å²) in [5.74, 6) is -2.91. The monoisotopic (exact) mass is 466 g/mol. The topological polar surface area (TPSA) is 84.9 Å². The Bertz CT molecular complexity index is 1050. The van der Waals surface area contributed by atoms with E-state index in [1.807, 2.05) is 57.1 Å². The highest BCUT2D eigenvalue weighted by atomic mass is 16.5. The summed E-state index contributed by atoms with van der Waals surface area (Å²) < 4.78 is 10.9. The van der Waals surface area contributed by atoms with E-state index in [-0.39, 0.29) is 17.8 Å². The summed E-state index contributed by atoms with van der Waals surface area (Å²) in [7, 11) is 5.22. The Kier molecular flexibility index (Phi) is 6.82. The van der Waals surface area contributed by atoms with Crippen LogP contribution in [-0.2, 0) is 23.9 Å². The maximum Gasteiger partial charge on any atom is 0.337 e. The summed E-state index contributed by atoms with van der Waals surface area (Å²) in [6, 6.07) is 7.84. The maximum atomic E-state index is 13.8. The molecule has 1 fully saturated rings. The molecule has 0 spiro atoms. The van der Waals surface area contributed by atoms with Gasteiger partial charge in [0.2, 0.25) is 0 Å². The summed E-state index contributed by atoms with van der Waals surface area (Å²) in [4.78, 5) is 41.8. The molecule has 1 aromatic carbocycles. The zero-order valence-corrected chi connectivity index (χ0v) is 20.6. The molecule has 182 valence electrons. The molecule has 3 atom stereocenters. The van der Waals surface area contributed by atoms with Gasteiger partial charge in [0.25, 0.3) is 0 Å². The van der Waals surface area contributed by atoms with Crippen LogP contribution in [0.5, 0.6) is 0 Å². The highest BCUT2D eigenvalue weighted by Gasteiger charge is 2.47. The SMILES string of the molecule is COC(=O)[C@H]1C(=O)C2=C(C[C@H]1C)NC(C)=C(C(=O)OC1CCCC1)[C@@H]2c1ccc(N(C)C)cc1. The molecule has 1 N–H and O–H groups in total. The van der Waals surface area contributed by atoms with Gasteiger partial charge in [-0.25, -0.2) is 4.79 Å². The number of Topliss-reactive ketones (excluding diaryl/α,β-unsaturated/α-hetero) is 1. The Morgan fingerprint density at radius 1 is 1.09 bits per heavy atom. The van der Waals surface area contributed by atoms with Crippen LogP contribution in [0.2, 0.25) is 0 Å². The van der Waals surface area contributed by atoms with Crippen LogP contribution in [0, 0.1) is 11.8 Å². The van der Waals surface area contributed by atoms with Gasteiger partial charge in [0.05, 0.1) is 12.7 Å². The number of hydrogen-bond donors (Lipinski definition) is 1. The van der Waals surface area contributed by atoms with Crippen molar-refractivity contribution >= 4 is 23.4 Å². The van der Waals surface area contributed by atoms with E-state index in [9.17, 15) is 14.4 Å². The number of benzene rings is 1. The second kappa shape index (κ2) is 9.65. The predicted molar refractivity (Wildman–Crippen MR) is 129 cm³/mol. The van der Waals surface area contributed by atoms with Gasteiger partial charge in [-0.2, -0.15) is 0 Å². The van der Waals surface area contributed by atoms with Crippen molar-refractivity contribution in [2.24, 2.45) is 11.8 Å². The van der Waals surface area contributed by atoms with E-state index in [4.69, 9.17) is 9.47 Å². The third kappa shape index (κ3) is 4.36. The van der Waals surface area contributed by atoms with Crippen molar-refractivity contribution in [3.63, 3.8) is 0 Å². The lowest BCUT2D eigenvalue weighted by molar-refractivity contribution is -0.151. The van der Waals surface area contributed by atoms with Crippen molar-refractivity contribution in [1.29, 1.82) is 0 Å². The smallest absolute Gasteiger partial charge is 0.337 e. The summed E-state index contributed by atoms with van der Waals surface area (Å²) in [5, 5.41) is 3.32. The number of ketones is 1. The zero-order valence-electron chi connectivity index (χ0n) is 20.6. The fraction of sp³-hybridized carbons (Fsp3) is 0.519. The fourth-order valence-electron chi connectivity index (χ4n) is 5.47. The number of carbonyl (C=O) groups excluding carboxylic acids is 3. The van der Waals surface area contributed by atoms with E-state index in [1.165, 1.54) is 7.11 Å². The molecule has 7 heteroatoms. The molecule has 1 saturated carbocycles. The lowest BCUT2D eigenvalue weighted by Gasteiger charge is -2.38. The molecule has 1 aliphatic heterocycles. The first-order chi connectivity index (χ1) is 16.2. The minimum Gasteiger partial charge on any atom is -0.468 e. The number of rotatable bonds is 5. The molecule has 34 heavy (non-hydrogen) atoms. The average Bonchev–Trinajstić information content (AvgIpc) is 3.30. The average molecular weight is 467 g/mol. The number of methoxy groups -OCH3 is 1. The summed E-state index contributed by atoms with van der Waals surface area (Å²) in [6.45, 7) is 3.74. The van der Waals surface area contributed by atoms with Crippen LogP contribution >= 0.6 is 0 Å². The van der Waals surface area contributed by atoms with E-state index in [0.717, 1.165) is 42.6 Å². The van der Waals surface area contributed by atoms with E-state index >= 15 is 0 Å². The van der Waals surface area contributed by atoms with Crippen LogP contribution in [0.25, 0.3) is 0 Å². The van der Waals surface area contributed by atoms with Gasteiger partial charge in [0, 0.05) is 42.7 Å². The van der Waals surface area contributed by atoms with Crippen molar-refractivity contribution in [2.45, 2.75) is 58.0 Å². The lowest BCUT2D eigenvalue weighted by atomic mass is 9.69. The first-order valence-electron chi connectivity index (χ1n) is 12.0. The molecule has 0 radical (unpaired) electrons. The largest absolute Gasteiger partial charge is 0.468 e. The number of anilines is 1. The Balaban J connectivity index is 1.80. The molecule has 0 aromatic heterocycles. The first-order valence-corrected chi connectivity index (χ1v) is 12.0. The van der Waals surface area contributed by atoms with Crippen LogP contribution in [0.15, 0.2) is 46.8 Å². The van der Waals surface area contributed by atoms with Gasteiger partial charge in [0.1, 0.15) is 12.0 Å². The van der Waals surface area contributed by atoms with E-state index in [0.29, 0.717) is 23.3 Å². The third-order valence-electron chi connectivity index (χ3n) is 7.28. The number of nitrogens with one attached hydrogen (secondary N) is 1. The van der Waals surface area contributed by atoms with Crippen molar-refractivity contribution < 1.29 is 23.9 Å². The Labute approximate surface area is 201 Å². The third-order valence-corrected chi connectivity index (χ3v) is 7.28. The van der Waals surface area contributed by atoms with Gasteiger partial charge < -0.3 is 19.7 Å². The molecular formula is C27H34N2O5. The van der Waals surface area contributed by atoms with Gasteiger partial charge >= 0.3 is 11.9 Å². The molecule has 0 amide bonds. The van der Waals surface area contributed by atoms with Crippen LogP contribution < -0.4 is 10.2 Å². The molecule has 3 aliphatic rings. The van der Waals surface area contributed by atoms with Crippen molar-refractivity contribution in [2.75, 3.05) is 26.1 Å². The molecule has 2 aliphatic carbocycles. The van der Waals surface area contributed by atoms with Gasteiger partial charge in [0.15, 0.2) is 5.78 Å². The fourth-order valence-corrected chi connectivity index (χ4v) is 5.47. The molecule has 1 aromatic rings. The lowest BCUT2D eigenvalue weighted by Crippen LogP contribution is -2.43. The number of ether oxygens (including phenoxy) is 2. The quantitative estimate of drug-likeness (QED) is 0.521. The summed E-state index contributed by atoms with van der Waals surface area (Å²) in [5.41, 5.74) is 4.21. The number of allylic oxidation sites excluding steroid dienone is 3. The Hall–Kier alpha value is -3.09. The number of dihydropyridines is 1. The van der Waals surface area contributed by atoms with Crippen LogP contribution in [0.3, 0.4) is 0 Å². The van der Waals surface area contributed by atoms with Gasteiger partial charge in [-0.15, -0.1) is 0 Å². The van der Waals surface area contributed by atoms with E-state index < -0.39 is 23.8 Å². The summed E-state index contributed by atoms with van der Waals surface area (Å²) >= 11 is 0. The maximum absolute atomic E-state index is 13.8. The van der Waals surface area contributed by atoms with Gasteiger partial charge in [-0.3, -0.25) is 9.59 Å². The zero-order chi connectivity index (χ0) is 24.6. The second-order valence-corrected chi connectivity index (χ2v) is 9.83. The van der Waals surface area contributed by atoms with Crippen molar-refractivity contribution in [1.82, 2.24) is 5.32 Å².